The van der Waals surface area contributed by atoms with E-state index in [1.165, 1.54) is 18.4 Å². The van der Waals surface area contributed by atoms with E-state index in [1.54, 1.807) is 30.3 Å². The Bertz CT molecular complexity index is 1230. The van der Waals surface area contributed by atoms with Gasteiger partial charge in [-0.3, -0.25) is 4.79 Å². The SMILES string of the molecule is CN1CCCN(C(=O)c2ccc3onc(-c4coc(-c5ccc(F)cc5)n4)c3c2)CC1. The number of hydrogen-bond acceptors (Lipinski definition) is 6. The number of hydrogen-bond donors (Lipinski definition) is 0. The Morgan fingerprint density at radius 1 is 1.06 bits per heavy atom. The number of fused-ring (bicyclic) bond motifs is 1. The highest BCUT2D eigenvalue weighted by atomic mass is 19.1. The van der Waals surface area contributed by atoms with E-state index < -0.39 is 0 Å². The fourth-order valence-electron chi connectivity index (χ4n) is 3.80. The predicted molar refractivity (Wildman–Crippen MR) is 113 cm³/mol. The smallest absolute Gasteiger partial charge is 0.253 e. The van der Waals surface area contributed by atoms with Gasteiger partial charge in [0.1, 0.15) is 23.5 Å². The van der Waals surface area contributed by atoms with E-state index in [1.807, 2.05) is 4.90 Å². The number of likely N-dealkylation sites (N-methyl/N-ethyl adjacent to an activating group) is 1. The Hall–Kier alpha value is -3.52. The van der Waals surface area contributed by atoms with Gasteiger partial charge in [0.15, 0.2) is 5.58 Å². The lowest BCUT2D eigenvalue weighted by molar-refractivity contribution is 0.0763. The zero-order valence-electron chi connectivity index (χ0n) is 17.0. The molecule has 0 radical (unpaired) electrons. The molecule has 0 N–H and O–H groups in total. The second-order valence-electron chi connectivity index (χ2n) is 7.74. The second-order valence-corrected chi connectivity index (χ2v) is 7.74. The molecule has 4 aromatic rings. The van der Waals surface area contributed by atoms with Gasteiger partial charge in [0.05, 0.1) is 5.39 Å². The molecule has 31 heavy (non-hydrogen) atoms. The standard InChI is InChI=1S/C23H21FN4O3/c1-27-9-2-10-28(12-11-27)23(29)16-5-8-20-18(13-16)21(26-31-20)19-14-30-22(25-19)15-3-6-17(24)7-4-15/h3-8,13-14H,2,9-12H2,1H3. The minimum Gasteiger partial charge on any atom is -0.444 e. The van der Waals surface area contributed by atoms with Crippen LogP contribution in [0.25, 0.3) is 33.8 Å². The van der Waals surface area contributed by atoms with Gasteiger partial charge in [-0.1, -0.05) is 5.16 Å². The average Bonchev–Trinajstić information content (AvgIpc) is 3.37. The first-order valence-corrected chi connectivity index (χ1v) is 10.2. The number of amides is 1. The number of aromatic nitrogens is 2. The molecule has 1 saturated heterocycles. The fraction of sp³-hybridized carbons (Fsp3) is 0.261. The highest BCUT2D eigenvalue weighted by Crippen LogP contribution is 2.30. The van der Waals surface area contributed by atoms with Crippen molar-refractivity contribution in [3.63, 3.8) is 0 Å². The van der Waals surface area contributed by atoms with Gasteiger partial charge in [-0.05, 0) is 62.5 Å². The first kappa shape index (κ1) is 19.4. The normalized spacial score (nSPS) is 15.4. The molecule has 8 heteroatoms. The minimum atomic E-state index is -0.328. The van der Waals surface area contributed by atoms with Crippen molar-refractivity contribution in [1.29, 1.82) is 0 Å². The average molecular weight is 420 g/mol. The first-order valence-electron chi connectivity index (χ1n) is 10.2. The summed E-state index contributed by atoms with van der Waals surface area (Å²) in [5.41, 5.74) is 2.79. The van der Waals surface area contributed by atoms with Crippen LogP contribution in [-0.2, 0) is 0 Å². The topological polar surface area (TPSA) is 75.6 Å². The van der Waals surface area contributed by atoms with E-state index in [9.17, 15) is 9.18 Å². The van der Waals surface area contributed by atoms with E-state index in [2.05, 4.69) is 22.1 Å². The summed E-state index contributed by atoms with van der Waals surface area (Å²) in [5, 5.41) is 4.83. The van der Waals surface area contributed by atoms with Crippen LogP contribution in [0.4, 0.5) is 4.39 Å². The van der Waals surface area contributed by atoms with Crippen LogP contribution in [0, 0.1) is 5.82 Å². The monoisotopic (exact) mass is 420 g/mol. The van der Waals surface area contributed by atoms with E-state index in [0.29, 0.717) is 45.9 Å². The fourth-order valence-corrected chi connectivity index (χ4v) is 3.80. The van der Waals surface area contributed by atoms with Crippen molar-refractivity contribution >= 4 is 16.9 Å². The maximum Gasteiger partial charge on any atom is 0.253 e. The van der Waals surface area contributed by atoms with Gasteiger partial charge >= 0.3 is 0 Å². The van der Waals surface area contributed by atoms with Crippen molar-refractivity contribution in [2.24, 2.45) is 0 Å². The molecule has 1 aliphatic rings. The van der Waals surface area contributed by atoms with Crippen molar-refractivity contribution in [2.75, 3.05) is 33.2 Å². The Balaban J connectivity index is 1.46. The van der Waals surface area contributed by atoms with Gasteiger partial charge in [-0.25, -0.2) is 9.37 Å². The molecule has 1 amide bonds. The Labute approximate surface area is 178 Å². The summed E-state index contributed by atoms with van der Waals surface area (Å²) in [5.74, 6) is 0.0230. The highest BCUT2D eigenvalue weighted by Gasteiger charge is 2.22. The van der Waals surface area contributed by atoms with E-state index >= 15 is 0 Å². The summed E-state index contributed by atoms with van der Waals surface area (Å²) in [6.07, 6.45) is 2.43. The molecule has 0 bridgehead atoms. The van der Waals surface area contributed by atoms with Crippen molar-refractivity contribution in [3.05, 3.63) is 60.1 Å². The third-order valence-electron chi connectivity index (χ3n) is 5.56. The quantitative estimate of drug-likeness (QED) is 0.497. The van der Waals surface area contributed by atoms with E-state index in [-0.39, 0.29) is 11.7 Å². The largest absolute Gasteiger partial charge is 0.444 e. The van der Waals surface area contributed by atoms with Crippen LogP contribution >= 0.6 is 0 Å². The van der Waals surface area contributed by atoms with E-state index in [4.69, 9.17) is 8.94 Å². The number of rotatable bonds is 3. The van der Waals surface area contributed by atoms with Crippen LogP contribution in [0.5, 0.6) is 0 Å². The molecule has 0 atom stereocenters. The molecule has 0 saturated carbocycles. The predicted octanol–water partition coefficient (Wildman–Crippen LogP) is 4.07. The van der Waals surface area contributed by atoms with Gasteiger partial charge < -0.3 is 18.7 Å². The lowest BCUT2D eigenvalue weighted by Gasteiger charge is -2.20. The molecule has 1 aliphatic heterocycles. The van der Waals surface area contributed by atoms with Gasteiger partial charge in [-0.2, -0.15) is 0 Å². The molecule has 158 valence electrons. The summed E-state index contributed by atoms with van der Waals surface area (Å²) in [7, 11) is 2.07. The zero-order valence-corrected chi connectivity index (χ0v) is 17.0. The van der Waals surface area contributed by atoms with Crippen LogP contribution in [-0.4, -0.2) is 59.1 Å². The molecule has 3 heterocycles. The number of nitrogens with zero attached hydrogens (tertiary/aromatic N) is 4. The molecule has 2 aromatic carbocycles. The number of halogens is 1. The molecular weight excluding hydrogens is 399 g/mol. The summed E-state index contributed by atoms with van der Waals surface area (Å²) < 4.78 is 24.2. The third kappa shape index (κ3) is 3.82. The van der Waals surface area contributed by atoms with Crippen LogP contribution < -0.4 is 0 Å². The van der Waals surface area contributed by atoms with Crippen LogP contribution in [0.3, 0.4) is 0 Å². The molecule has 0 spiro atoms. The summed E-state index contributed by atoms with van der Waals surface area (Å²) in [6, 6.07) is 11.2. The van der Waals surface area contributed by atoms with Crippen molar-refractivity contribution in [3.8, 4) is 22.8 Å². The van der Waals surface area contributed by atoms with E-state index in [0.717, 1.165) is 26.1 Å². The van der Waals surface area contributed by atoms with Crippen LogP contribution in [0.1, 0.15) is 16.8 Å². The number of carbonyl (C=O) groups excluding carboxylic acids is 1. The lowest BCUT2D eigenvalue weighted by atomic mass is 10.1. The van der Waals surface area contributed by atoms with Gasteiger partial charge in [0, 0.05) is 30.8 Å². The Morgan fingerprint density at radius 2 is 1.90 bits per heavy atom. The lowest BCUT2D eigenvalue weighted by Crippen LogP contribution is -2.34. The minimum absolute atomic E-state index is 0.00324. The summed E-state index contributed by atoms with van der Waals surface area (Å²) >= 11 is 0. The molecule has 0 unspecified atom stereocenters. The Kier molecular flexibility index (Phi) is 4.99. The maximum atomic E-state index is 13.2. The second kappa shape index (κ2) is 7.96. The summed E-state index contributed by atoms with van der Waals surface area (Å²) in [4.78, 5) is 21.7. The van der Waals surface area contributed by atoms with Crippen molar-refractivity contribution in [1.82, 2.24) is 19.9 Å². The molecule has 2 aromatic heterocycles. The van der Waals surface area contributed by atoms with Gasteiger partial charge in [0.25, 0.3) is 5.91 Å². The molecule has 0 aliphatic carbocycles. The number of benzene rings is 2. The number of oxazole rings is 1. The van der Waals surface area contributed by atoms with Crippen molar-refractivity contribution < 1.29 is 18.1 Å². The van der Waals surface area contributed by atoms with Crippen LogP contribution in [0.15, 0.2) is 57.7 Å². The maximum absolute atomic E-state index is 13.2. The Morgan fingerprint density at radius 3 is 2.74 bits per heavy atom. The van der Waals surface area contributed by atoms with Gasteiger partial charge in [0.2, 0.25) is 5.89 Å². The van der Waals surface area contributed by atoms with Crippen LogP contribution in [0.2, 0.25) is 0 Å². The molecule has 5 rings (SSSR count). The van der Waals surface area contributed by atoms with Gasteiger partial charge in [-0.15, -0.1) is 0 Å². The zero-order chi connectivity index (χ0) is 21.4. The number of carbonyl (C=O) groups is 1. The molecule has 1 fully saturated rings. The third-order valence-corrected chi connectivity index (χ3v) is 5.56. The molecular formula is C23H21FN4O3. The molecule has 7 nitrogen and oxygen atoms in total. The van der Waals surface area contributed by atoms with Crippen molar-refractivity contribution in [2.45, 2.75) is 6.42 Å². The highest BCUT2D eigenvalue weighted by molar-refractivity contribution is 6.00. The first-order chi connectivity index (χ1) is 15.1. The summed E-state index contributed by atoms with van der Waals surface area (Å²) in [6.45, 7) is 3.29.